The van der Waals surface area contributed by atoms with Gasteiger partial charge >= 0.3 is 0 Å². The van der Waals surface area contributed by atoms with Gasteiger partial charge < -0.3 is 10.2 Å². The number of rotatable bonds is 2. The predicted molar refractivity (Wildman–Crippen MR) is 66.3 cm³/mol. The highest BCUT2D eigenvalue weighted by atomic mass is 35.5. The fourth-order valence-electron chi connectivity index (χ4n) is 2.00. The number of carbonyl (C=O) groups excluding carboxylic acids is 1. The third-order valence-electron chi connectivity index (χ3n) is 2.88. The Kier molecular flexibility index (Phi) is 3.34. The minimum Gasteiger partial charge on any atom is -0.370 e. The summed E-state index contributed by atoms with van der Waals surface area (Å²) in [6.45, 7) is 2.05. The van der Waals surface area contributed by atoms with Gasteiger partial charge in [0.2, 0.25) is 0 Å². The largest absolute Gasteiger partial charge is 0.370 e. The molecule has 1 saturated heterocycles. The second-order valence-corrected chi connectivity index (χ2v) is 4.35. The van der Waals surface area contributed by atoms with E-state index < -0.39 is 0 Å². The van der Waals surface area contributed by atoms with Crippen LogP contribution in [0.3, 0.4) is 0 Å². The van der Waals surface area contributed by atoms with Gasteiger partial charge in [0.05, 0.1) is 10.7 Å². The van der Waals surface area contributed by atoms with E-state index in [-0.39, 0.29) is 5.91 Å². The molecular formula is C12H15ClN2O. The van der Waals surface area contributed by atoms with Crippen molar-refractivity contribution in [1.82, 2.24) is 5.32 Å². The SMILES string of the molecule is CNC(=O)c1ccc(Cl)c(N2CCCC2)c1. The van der Waals surface area contributed by atoms with Gasteiger partial charge in [-0.25, -0.2) is 0 Å². The summed E-state index contributed by atoms with van der Waals surface area (Å²) in [6.07, 6.45) is 2.39. The Morgan fingerprint density at radius 1 is 1.38 bits per heavy atom. The first-order valence-electron chi connectivity index (χ1n) is 5.49. The molecule has 0 radical (unpaired) electrons. The molecule has 1 aromatic rings. The molecule has 3 nitrogen and oxygen atoms in total. The molecule has 1 amide bonds. The fraction of sp³-hybridized carbons (Fsp3) is 0.417. The van der Waals surface area contributed by atoms with E-state index in [0.29, 0.717) is 5.56 Å². The van der Waals surface area contributed by atoms with Crippen molar-refractivity contribution in [2.75, 3.05) is 25.0 Å². The van der Waals surface area contributed by atoms with Gasteiger partial charge in [0, 0.05) is 25.7 Å². The molecule has 0 spiro atoms. The van der Waals surface area contributed by atoms with Gasteiger partial charge in [0.15, 0.2) is 0 Å². The van der Waals surface area contributed by atoms with Crippen molar-refractivity contribution >= 4 is 23.2 Å². The van der Waals surface area contributed by atoms with Gasteiger partial charge in [-0.15, -0.1) is 0 Å². The number of nitrogens with one attached hydrogen (secondary N) is 1. The standard InChI is InChI=1S/C12H15ClN2O/c1-14-12(16)9-4-5-10(13)11(8-9)15-6-2-3-7-15/h4-5,8H,2-3,6-7H2,1H3,(H,14,16). The lowest BCUT2D eigenvalue weighted by Crippen LogP contribution is -2.21. The van der Waals surface area contributed by atoms with Gasteiger partial charge in [-0.2, -0.15) is 0 Å². The third-order valence-corrected chi connectivity index (χ3v) is 3.20. The van der Waals surface area contributed by atoms with Crippen molar-refractivity contribution in [2.45, 2.75) is 12.8 Å². The van der Waals surface area contributed by atoms with Crippen LogP contribution in [0.2, 0.25) is 5.02 Å². The van der Waals surface area contributed by atoms with Crippen molar-refractivity contribution in [1.29, 1.82) is 0 Å². The lowest BCUT2D eigenvalue weighted by atomic mass is 10.1. The Balaban J connectivity index is 2.32. The maximum absolute atomic E-state index is 11.5. The summed E-state index contributed by atoms with van der Waals surface area (Å²) < 4.78 is 0. The Morgan fingerprint density at radius 2 is 2.06 bits per heavy atom. The van der Waals surface area contributed by atoms with Crippen LogP contribution in [0.5, 0.6) is 0 Å². The zero-order valence-electron chi connectivity index (χ0n) is 9.29. The van der Waals surface area contributed by atoms with E-state index in [1.807, 2.05) is 6.07 Å². The molecule has 16 heavy (non-hydrogen) atoms. The summed E-state index contributed by atoms with van der Waals surface area (Å²) in [5, 5.41) is 3.34. The second kappa shape index (κ2) is 4.74. The first-order valence-corrected chi connectivity index (χ1v) is 5.87. The quantitative estimate of drug-likeness (QED) is 0.858. The monoisotopic (exact) mass is 238 g/mol. The highest BCUT2D eigenvalue weighted by molar-refractivity contribution is 6.33. The number of amides is 1. The smallest absolute Gasteiger partial charge is 0.251 e. The Labute approximate surface area is 100 Å². The summed E-state index contributed by atoms with van der Waals surface area (Å²) in [4.78, 5) is 13.8. The molecule has 0 saturated carbocycles. The van der Waals surface area contributed by atoms with Crippen molar-refractivity contribution in [2.24, 2.45) is 0 Å². The molecule has 0 atom stereocenters. The molecule has 1 heterocycles. The highest BCUT2D eigenvalue weighted by Crippen LogP contribution is 2.29. The number of benzene rings is 1. The molecule has 1 aliphatic rings. The molecule has 1 fully saturated rings. The summed E-state index contributed by atoms with van der Waals surface area (Å²) >= 11 is 6.15. The zero-order chi connectivity index (χ0) is 11.5. The first-order chi connectivity index (χ1) is 7.72. The van der Waals surface area contributed by atoms with Crippen LogP contribution in [-0.2, 0) is 0 Å². The number of halogens is 1. The summed E-state index contributed by atoms with van der Waals surface area (Å²) in [6, 6.07) is 5.41. The highest BCUT2D eigenvalue weighted by Gasteiger charge is 2.16. The first kappa shape index (κ1) is 11.3. The second-order valence-electron chi connectivity index (χ2n) is 3.94. The van der Waals surface area contributed by atoms with E-state index in [9.17, 15) is 4.79 Å². The van der Waals surface area contributed by atoms with E-state index in [4.69, 9.17) is 11.6 Å². The maximum atomic E-state index is 11.5. The molecule has 0 aromatic heterocycles. The van der Waals surface area contributed by atoms with E-state index >= 15 is 0 Å². The summed E-state index contributed by atoms with van der Waals surface area (Å²) in [5.74, 6) is -0.0721. The van der Waals surface area contributed by atoms with E-state index in [0.717, 1.165) is 23.8 Å². The van der Waals surface area contributed by atoms with Crippen molar-refractivity contribution < 1.29 is 4.79 Å². The molecule has 1 aliphatic heterocycles. The lowest BCUT2D eigenvalue weighted by molar-refractivity contribution is 0.0963. The molecule has 4 heteroatoms. The van der Waals surface area contributed by atoms with Crippen molar-refractivity contribution in [3.05, 3.63) is 28.8 Å². The van der Waals surface area contributed by atoms with Crippen LogP contribution in [0.15, 0.2) is 18.2 Å². The number of nitrogens with zero attached hydrogens (tertiary/aromatic N) is 1. The van der Waals surface area contributed by atoms with Gasteiger partial charge in [-0.3, -0.25) is 4.79 Å². The maximum Gasteiger partial charge on any atom is 0.251 e. The molecular weight excluding hydrogens is 224 g/mol. The van der Waals surface area contributed by atoms with Crippen LogP contribution in [-0.4, -0.2) is 26.0 Å². The third kappa shape index (κ3) is 2.14. The van der Waals surface area contributed by atoms with E-state index in [1.165, 1.54) is 12.8 Å². The van der Waals surface area contributed by atoms with E-state index in [1.54, 1.807) is 19.2 Å². The molecule has 1 aromatic carbocycles. The molecule has 86 valence electrons. The average Bonchev–Trinajstić information content (AvgIpc) is 2.82. The molecule has 2 rings (SSSR count). The van der Waals surface area contributed by atoms with Crippen LogP contribution >= 0.6 is 11.6 Å². The van der Waals surface area contributed by atoms with Gasteiger partial charge in [0.1, 0.15) is 0 Å². The van der Waals surface area contributed by atoms with Crippen molar-refractivity contribution in [3.63, 3.8) is 0 Å². The number of hydrogen-bond acceptors (Lipinski definition) is 2. The van der Waals surface area contributed by atoms with Gasteiger partial charge in [0.25, 0.3) is 5.91 Å². The predicted octanol–water partition coefficient (Wildman–Crippen LogP) is 2.30. The number of hydrogen-bond donors (Lipinski definition) is 1. The average molecular weight is 239 g/mol. The van der Waals surface area contributed by atoms with Gasteiger partial charge in [-0.05, 0) is 31.0 Å². The van der Waals surface area contributed by atoms with Crippen LogP contribution in [0.4, 0.5) is 5.69 Å². The molecule has 0 bridgehead atoms. The molecule has 1 N–H and O–H groups in total. The Bertz CT molecular complexity index is 400. The topological polar surface area (TPSA) is 32.3 Å². The van der Waals surface area contributed by atoms with Crippen LogP contribution in [0.1, 0.15) is 23.2 Å². The minimum absolute atomic E-state index is 0.0721. The van der Waals surface area contributed by atoms with Crippen LogP contribution < -0.4 is 10.2 Å². The van der Waals surface area contributed by atoms with Crippen molar-refractivity contribution in [3.8, 4) is 0 Å². The van der Waals surface area contributed by atoms with Gasteiger partial charge in [-0.1, -0.05) is 11.6 Å². The van der Waals surface area contributed by atoms with Crippen LogP contribution in [0, 0.1) is 0 Å². The number of anilines is 1. The lowest BCUT2D eigenvalue weighted by Gasteiger charge is -2.19. The number of carbonyl (C=O) groups is 1. The Morgan fingerprint density at radius 3 is 2.69 bits per heavy atom. The van der Waals surface area contributed by atoms with Crippen LogP contribution in [0.25, 0.3) is 0 Å². The Hall–Kier alpha value is -1.22. The molecule has 0 aliphatic carbocycles. The normalized spacial score (nSPS) is 15.2. The molecule has 0 unspecified atom stereocenters. The summed E-state index contributed by atoms with van der Waals surface area (Å²) in [5.41, 5.74) is 1.63. The van der Waals surface area contributed by atoms with E-state index in [2.05, 4.69) is 10.2 Å². The summed E-state index contributed by atoms with van der Waals surface area (Å²) in [7, 11) is 1.63. The minimum atomic E-state index is -0.0721. The fourth-order valence-corrected chi connectivity index (χ4v) is 2.24. The zero-order valence-corrected chi connectivity index (χ0v) is 10.0.